The van der Waals surface area contributed by atoms with Gasteiger partial charge in [0, 0.05) is 4.88 Å². The zero-order valence-corrected chi connectivity index (χ0v) is 17.5. The number of ether oxygens (including phenoxy) is 1. The zero-order chi connectivity index (χ0) is 19.9. The zero-order valence-electron chi connectivity index (χ0n) is 15.8. The van der Waals surface area contributed by atoms with Crippen molar-refractivity contribution in [2.75, 3.05) is 11.9 Å². The summed E-state index contributed by atoms with van der Waals surface area (Å²) in [6, 6.07) is 9.40. The normalized spacial score (nSPS) is 12.1. The number of para-hydroxylation sites is 1. The third-order valence-corrected chi connectivity index (χ3v) is 6.04. The number of amides is 1. The van der Waals surface area contributed by atoms with Crippen LogP contribution in [0.15, 0.2) is 24.3 Å². The summed E-state index contributed by atoms with van der Waals surface area (Å²) in [5.74, 6) is 0.220. The average Bonchev–Trinajstić information content (AvgIpc) is 3.26. The summed E-state index contributed by atoms with van der Waals surface area (Å²) in [7, 11) is 0. The molecule has 1 aromatic heterocycles. The van der Waals surface area contributed by atoms with E-state index in [0.29, 0.717) is 28.5 Å². The highest BCUT2D eigenvalue weighted by Gasteiger charge is 2.23. The number of fused-ring (bicyclic) bond motifs is 1. The molecule has 2 aromatic rings. The van der Waals surface area contributed by atoms with Crippen LogP contribution in [0.5, 0.6) is 5.75 Å². The monoisotopic (exact) mass is 413 g/mol. The predicted octanol–water partition coefficient (Wildman–Crippen LogP) is 4.80. The van der Waals surface area contributed by atoms with E-state index in [1.807, 2.05) is 6.07 Å². The van der Waals surface area contributed by atoms with Gasteiger partial charge in [-0.25, -0.2) is 0 Å². The third-order valence-electron chi connectivity index (χ3n) is 4.62. The topological polar surface area (TPSA) is 74.2 Å². The number of hydrogen-bond donors (Lipinski definition) is 2. The van der Waals surface area contributed by atoms with Crippen molar-refractivity contribution in [2.24, 2.45) is 0 Å². The molecule has 146 valence electrons. The first-order valence-corrected chi connectivity index (χ1v) is 10.7. The Hall–Kier alpha value is -2.43. The maximum absolute atomic E-state index is 12.7. The molecule has 28 heavy (non-hydrogen) atoms. The number of thiophene rings is 1. The molecule has 3 rings (SSSR count). The van der Waals surface area contributed by atoms with Crippen molar-refractivity contribution in [1.82, 2.24) is 5.32 Å². The first-order chi connectivity index (χ1) is 13.6. The number of unbranched alkanes of at least 4 members (excludes halogenated alkanes) is 2. The molecule has 0 saturated heterocycles. The predicted molar refractivity (Wildman–Crippen MR) is 116 cm³/mol. The smallest absolute Gasteiger partial charge is 0.261 e. The van der Waals surface area contributed by atoms with Gasteiger partial charge >= 0.3 is 0 Å². The number of hydrogen-bond acceptors (Lipinski definition) is 5. The highest BCUT2D eigenvalue weighted by Crippen LogP contribution is 2.38. The molecule has 0 bridgehead atoms. The van der Waals surface area contributed by atoms with E-state index in [1.54, 1.807) is 29.5 Å². The maximum Gasteiger partial charge on any atom is 0.261 e. The second kappa shape index (κ2) is 9.67. The Balaban J connectivity index is 1.64. The number of thiocarbonyl (C=S) groups is 1. The average molecular weight is 414 g/mol. The minimum Gasteiger partial charge on any atom is -0.493 e. The minimum absolute atomic E-state index is 0.183. The molecule has 0 spiro atoms. The molecule has 7 heteroatoms. The highest BCUT2D eigenvalue weighted by molar-refractivity contribution is 7.80. The Bertz CT molecular complexity index is 915. The van der Waals surface area contributed by atoms with E-state index in [2.05, 4.69) is 23.6 Å². The number of nitrogens with one attached hydrogen (secondary N) is 2. The number of nitriles is 1. The summed E-state index contributed by atoms with van der Waals surface area (Å²) in [5.41, 5.74) is 2.21. The van der Waals surface area contributed by atoms with Crippen LogP contribution in [0.4, 0.5) is 5.00 Å². The second-order valence-corrected chi connectivity index (χ2v) is 8.15. The number of rotatable bonds is 7. The number of aryl methyl sites for hydroxylation is 1. The molecule has 1 aliphatic rings. The first-order valence-electron chi connectivity index (χ1n) is 9.52. The molecule has 1 amide bonds. The molecule has 1 aromatic carbocycles. The van der Waals surface area contributed by atoms with E-state index in [-0.39, 0.29) is 11.0 Å². The number of carbonyl (C=O) groups is 1. The van der Waals surface area contributed by atoms with Gasteiger partial charge in [0.05, 0.1) is 17.7 Å². The van der Waals surface area contributed by atoms with E-state index in [1.165, 1.54) is 4.88 Å². The summed E-state index contributed by atoms with van der Waals surface area (Å²) in [6.07, 6.45) is 6.17. The Kier molecular flexibility index (Phi) is 7.01. The summed E-state index contributed by atoms with van der Waals surface area (Å²) in [5, 5.41) is 16.1. The highest BCUT2D eigenvalue weighted by atomic mass is 32.1. The lowest BCUT2D eigenvalue weighted by molar-refractivity contribution is 0.0973. The van der Waals surface area contributed by atoms with E-state index in [9.17, 15) is 10.1 Å². The Morgan fingerprint density at radius 2 is 2.14 bits per heavy atom. The van der Waals surface area contributed by atoms with Crippen LogP contribution >= 0.6 is 23.6 Å². The van der Waals surface area contributed by atoms with Gasteiger partial charge in [-0.2, -0.15) is 5.26 Å². The number of carbonyl (C=O) groups excluding carboxylic acids is 1. The molecule has 2 N–H and O–H groups in total. The minimum atomic E-state index is -0.328. The quantitative estimate of drug-likeness (QED) is 0.504. The summed E-state index contributed by atoms with van der Waals surface area (Å²) < 4.78 is 5.77. The molecule has 5 nitrogen and oxygen atoms in total. The van der Waals surface area contributed by atoms with Crippen molar-refractivity contribution in [3.8, 4) is 11.8 Å². The van der Waals surface area contributed by atoms with Crippen molar-refractivity contribution in [3.63, 3.8) is 0 Å². The van der Waals surface area contributed by atoms with Crippen molar-refractivity contribution in [3.05, 3.63) is 45.8 Å². The van der Waals surface area contributed by atoms with Crippen molar-refractivity contribution in [2.45, 2.75) is 45.4 Å². The van der Waals surface area contributed by atoms with Gasteiger partial charge in [-0.15, -0.1) is 11.3 Å². The molecule has 0 unspecified atom stereocenters. The number of anilines is 1. The largest absolute Gasteiger partial charge is 0.493 e. The van der Waals surface area contributed by atoms with Crippen molar-refractivity contribution < 1.29 is 9.53 Å². The van der Waals surface area contributed by atoms with Gasteiger partial charge in [0.1, 0.15) is 16.8 Å². The lowest BCUT2D eigenvalue weighted by atomic mass is 10.1. The molecule has 0 atom stereocenters. The Labute approximate surface area is 174 Å². The SMILES string of the molecule is CCCCCOc1ccccc1C(=O)NC(=S)Nc1sc2c(c1C#N)CCC2. The molecular weight excluding hydrogens is 390 g/mol. The van der Waals surface area contributed by atoms with Gasteiger partial charge in [-0.05, 0) is 55.6 Å². The van der Waals surface area contributed by atoms with Crippen LogP contribution in [-0.2, 0) is 12.8 Å². The van der Waals surface area contributed by atoms with E-state index in [4.69, 9.17) is 17.0 Å². The fraction of sp³-hybridized carbons (Fsp3) is 0.381. The second-order valence-electron chi connectivity index (χ2n) is 6.63. The van der Waals surface area contributed by atoms with E-state index < -0.39 is 0 Å². The Morgan fingerprint density at radius 3 is 2.93 bits per heavy atom. The van der Waals surface area contributed by atoms with Crippen molar-refractivity contribution >= 4 is 39.6 Å². The lowest BCUT2D eigenvalue weighted by Crippen LogP contribution is -2.34. The molecule has 0 saturated carbocycles. The van der Waals surface area contributed by atoms with Crippen LogP contribution in [0.3, 0.4) is 0 Å². The molecule has 1 aliphatic carbocycles. The number of nitrogens with zero attached hydrogens (tertiary/aromatic N) is 1. The van der Waals surface area contributed by atoms with Gasteiger partial charge in [-0.1, -0.05) is 31.9 Å². The summed E-state index contributed by atoms with van der Waals surface area (Å²) >= 11 is 6.85. The van der Waals surface area contributed by atoms with Crippen LogP contribution in [0.2, 0.25) is 0 Å². The summed E-state index contributed by atoms with van der Waals surface area (Å²) in [6.45, 7) is 2.71. The van der Waals surface area contributed by atoms with Crippen LogP contribution in [-0.4, -0.2) is 17.6 Å². The van der Waals surface area contributed by atoms with Crippen LogP contribution in [0, 0.1) is 11.3 Å². The molecule has 0 radical (unpaired) electrons. The molecule has 0 aliphatic heterocycles. The van der Waals surface area contributed by atoms with Crippen LogP contribution < -0.4 is 15.4 Å². The van der Waals surface area contributed by atoms with Gasteiger partial charge in [-0.3, -0.25) is 10.1 Å². The van der Waals surface area contributed by atoms with E-state index >= 15 is 0 Å². The van der Waals surface area contributed by atoms with E-state index in [0.717, 1.165) is 44.1 Å². The first kappa shape index (κ1) is 20.3. The molecule has 1 heterocycles. The number of benzene rings is 1. The van der Waals surface area contributed by atoms with Gasteiger partial charge in [0.15, 0.2) is 5.11 Å². The standard InChI is InChI=1S/C21H23N3O2S2/c1-2-3-6-12-26-17-10-5-4-8-15(17)19(25)23-21(27)24-20-16(13-22)14-9-7-11-18(14)28-20/h4-5,8,10H,2-3,6-7,9,11-12H2,1H3,(H2,23,24,25,27). The van der Waals surface area contributed by atoms with Gasteiger partial charge < -0.3 is 10.1 Å². The maximum atomic E-state index is 12.7. The molecular formula is C21H23N3O2S2. The lowest BCUT2D eigenvalue weighted by Gasteiger charge is -2.12. The van der Waals surface area contributed by atoms with Crippen LogP contribution in [0.25, 0.3) is 0 Å². The van der Waals surface area contributed by atoms with Crippen LogP contribution in [0.1, 0.15) is 59.0 Å². The van der Waals surface area contributed by atoms with Crippen molar-refractivity contribution in [1.29, 1.82) is 5.26 Å². The summed E-state index contributed by atoms with van der Waals surface area (Å²) in [4.78, 5) is 13.9. The van der Waals surface area contributed by atoms with Gasteiger partial charge in [0.25, 0.3) is 5.91 Å². The Morgan fingerprint density at radius 1 is 1.32 bits per heavy atom. The third kappa shape index (κ3) is 4.70. The van der Waals surface area contributed by atoms with Gasteiger partial charge in [0.2, 0.25) is 0 Å². The fourth-order valence-corrected chi connectivity index (χ4v) is 4.73. The molecule has 0 fully saturated rings. The fourth-order valence-electron chi connectivity index (χ4n) is 3.23.